The summed E-state index contributed by atoms with van der Waals surface area (Å²) in [4.78, 5) is 2.14. The fraction of sp³-hybridized carbons (Fsp3) is 0.222. The lowest BCUT2D eigenvalue weighted by molar-refractivity contribution is 0.00753. The lowest BCUT2D eigenvalue weighted by atomic mass is 10.2. The van der Waals surface area contributed by atoms with Crippen molar-refractivity contribution >= 4 is 25.2 Å². The molecule has 92 valence electrons. The first-order valence-electron chi connectivity index (χ1n) is 4.42. The van der Waals surface area contributed by atoms with Crippen LogP contribution >= 0.6 is 0 Å². The van der Waals surface area contributed by atoms with Gasteiger partial charge in [0, 0.05) is 6.26 Å². The van der Waals surface area contributed by atoms with Crippen molar-refractivity contribution in [1.82, 2.24) is 0 Å². The number of rotatable bonds is 3. The van der Waals surface area contributed by atoms with Crippen LogP contribution in [0.3, 0.4) is 0 Å². The molecular weight excluding hydrogens is 264 g/mol. The number of benzene rings is 1. The van der Waals surface area contributed by atoms with Gasteiger partial charge >= 0.3 is 5.55 Å². The molecule has 0 amide bonds. The van der Waals surface area contributed by atoms with E-state index in [0.717, 1.165) is 12.3 Å². The van der Waals surface area contributed by atoms with Crippen molar-refractivity contribution in [3.63, 3.8) is 0 Å². The standard InChI is InChI=1S/C9H10N2O4S2/c1-7-3-4-8(17(14,15)6-11-10)5-9(7)16(2,12)13/h3-6H,1-2H3. The van der Waals surface area contributed by atoms with E-state index in [-0.39, 0.29) is 9.79 Å². The largest absolute Gasteiger partial charge is 0.374 e. The van der Waals surface area contributed by atoms with Crippen LogP contribution in [0.25, 0.3) is 5.53 Å². The van der Waals surface area contributed by atoms with Crippen LogP contribution in [-0.2, 0) is 19.7 Å². The van der Waals surface area contributed by atoms with Crippen LogP contribution in [0, 0.1) is 6.92 Å². The molecule has 8 heteroatoms. The summed E-state index contributed by atoms with van der Waals surface area (Å²) >= 11 is 0. The minimum Gasteiger partial charge on any atom is -0.361 e. The quantitative estimate of drug-likeness (QED) is 0.345. The van der Waals surface area contributed by atoms with Crippen LogP contribution in [0.15, 0.2) is 28.0 Å². The minimum absolute atomic E-state index is 0.0649. The van der Waals surface area contributed by atoms with Crippen molar-refractivity contribution in [3.05, 3.63) is 29.3 Å². The Morgan fingerprint density at radius 1 is 1.24 bits per heavy atom. The zero-order valence-electron chi connectivity index (χ0n) is 9.15. The van der Waals surface area contributed by atoms with Crippen molar-refractivity contribution in [1.29, 1.82) is 0 Å². The maximum absolute atomic E-state index is 11.5. The summed E-state index contributed by atoms with van der Waals surface area (Å²) in [6.45, 7) is 1.56. The third kappa shape index (κ3) is 3.00. The Labute approximate surface area is 99.4 Å². The fourth-order valence-electron chi connectivity index (χ4n) is 1.28. The van der Waals surface area contributed by atoms with Gasteiger partial charge in [-0.15, -0.1) is 0 Å². The van der Waals surface area contributed by atoms with Crippen LogP contribution in [0.5, 0.6) is 0 Å². The number of hydrogen-bond acceptors (Lipinski definition) is 4. The molecule has 0 bridgehead atoms. The number of aryl methyl sites for hydroxylation is 1. The smallest absolute Gasteiger partial charge is 0.361 e. The molecule has 0 unspecified atom stereocenters. The minimum atomic E-state index is -3.92. The summed E-state index contributed by atoms with van der Waals surface area (Å²) in [5, 5.41) is 0. The topological polar surface area (TPSA) is 105 Å². The second-order valence-corrected chi connectivity index (χ2v) is 7.22. The molecule has 0 atom stereocenters. The molecule has 1 aromatic rings. The van der Waals surface area contributed by atoms with Crippen molar-refractivity contribution in [2.75, 3.05) is 6.26 Å². The van der Waals surface area contributed by atoms with Gasteiger partial charge in [-0.3, -0.25) is 0 Å². The second kappa shape index (κ2) is 4.40. The number of sulfone groups is 2. The highest BCUT2D eigenvalue weighted by atomic mass is 32.2. The molecule has 1 rings (SSSR count). The van der Waals surface area contributed by atoms with Gasteiger partial charge in [0.2, 0.25) is 0 Å². The van der Waals surface area contributed by atoms with E-state index in [1.165, 1.54) is 12.1 Å². The first kappa shape index (κ1) is 13.6. The second-order valence-electron chi connectivity index (χ2n) is 3.47. The maximum Gasteiger partial charge on any atom is 0.374 e. The van der Waals surface area contributed by atoms with E-state index in [1.807, 2.05) is 0 Å². The van der Waals surface area contributed by atoms with Crippen LogP contribution in [0.4, 0.5) is 0 Å². The van der Waals surface area contributed by atoms with Crippen molar-refractivity contribution < 1.29 is 21.6 Å². The molecule has 0 radical (unpaired) electrons. The van der Waals surface area contributed by atoms with Gasteiger partial charge in [-0.25, -0.2) is 16.8 Å². The average Bonchev–Trinajstić information content (AvgIpc) is 2.15. The normalized spacial score (nSPS) is 11.9. The van der Waals surface area contributed by atoms with Gasteiger partial charge in [-0.05, 0) is 24.6 Å². The molecule has 0 saturated carbocycles. The zero-order chi connectivity index (χ0) is 13.3. The van der Waals surface area contributed by atoms with Gasteiger partial charge in [0.1, 0.15) is 0 Å². The maximum atomic E-state index is 11.5. The Hall–Kier alpha value is -1.50. The van der Waals surface area contributed by atoms with E-state index in [9.17, 15) is 16.8 Å². The average molecular weight is 274 g/mol. The van der Waals surface area contributed by atoms with Crippen LogP contribution in [0.2, 0.25) is 0 Å². The van der Waals surface area contributed by atoms with Gasteiger partial charge in [-0.1, -0.05) is 6.07 Å². The molecule has 0 N–H and O–H groups in total. The third-order valence-electron chi connectivity index (χ3n) is 2.07. The Kier molecular flexibility index (Phi) is 3.51. The molecule has 0 saturated heterocycles. The van der Waals surface area contributed by atoms with E-state index >= 15 is 0 Å². The molecule has 0 aliphatic carbocycles. The zero-order valence-corrected chi connectivity index (χ0v) is 10.8. The van der Waals surface area contributed by atoms with Crippen LogP contribution in [0.1, 0.15) is 5.56 Å². The molecule has 0 aromatic heterocycles. The molecule has 6 nitrogen and oxygen atoms in total. The van der Waals surface area contributed by atoms with Gasteiger partial charge in [0.05, 0.1) is 9.79 Å². The highest BCUT2D eigenvalue weighted by Crippen LogP contribution is 2.19. The monoisotopic (exact) mass is 274 g/mol. The molecule has 0 heterocycles. The summed E-state index contributed by atoms with van der Waals surface area (Å²) in [5.74, 6) is 0. The fourth-order valence-corrected chi connectivity index (χ4v) is 3.13. The van der Waals surface area contributed by atoms with E-state index in [4.69, 9.17) is 5.53 Å². The van der Waals surface area contributed by atoms with Crippen molar-refractivity contribution in [3.8, 4) is 0 Å². The Morgan fingerprint density at radius 2 is 1.82 bits per heavy atom. The van der Waals surface area contributed by atoms with Crippen LogP contribution < -0.4 is 0 Å². The summed E-state index contributed by atoms with van der Waals surface area (Å²) < 4.78 is 45.9. The van der Waals surface area contributed by atoms with Gasteiger partial charge in [0.15, 0.2) is 9.84 Å². The SMILES string of the molecule is Cc1ccc(S(=O)(=O)C=[N+]=[N-])cc1S(C)(=O)=O. The van der Waals surface area contributed by atoms with E-state index in [1.54, 1.807) is 6.92 Å². The number of nitrogens with zero attached hydrogens (tertiary/aromatic N) is 2. The molecular formula is C9H10N2O4S2. The highest BCUT2D eigenvalue weighted by Gasteiger charge is 2.20. The van der Waals surface area contributed by atoms with E-state index in [2.05, 4.69) is 4.79 Å². The first-order valence-corrected chi connectivity index (χ1v) is 7.85. The highest BCUT2D eigenvalue weighted by molar-refractivity contribution is 8.04. The van der Waals surface area contributed by atoms with Gasteiger partial charge in [0.25, 0.3) is 9.84 Å². The Bertz CT molecular complexity index is 699. The lowest BCUT2D eigenvalue weighted by Gasteiger charge is -2.04. The molecule has 0 spiro atoms. The molecule has 17 heavy (non-hydrogen) atoms. The summed E-state index contributed by atoms with van der Waals surface area (Å²) in [6, 6.07) is 3.68. The third-order valence-corrected chi connectivity index (χ3v) is 4.60. The van der Waals surface area contributed by atoms with Crippen LogP contribution in [-0.4, -0.2) is 33.4 Å². The number of hydrogen-bond donors (Lipinski definition) is 0. The predicted molar refractivity (Wildman–Crippen MR) is 61.2 cm³/mol. The first-order chi connectivity index (χ1) is 7.68. The summed E-state index contributed by atoms with van der Waals surface area (Å²) in [5.41, 5.74) is 9.02. The molecule has 0 aliphatic heterocycles. The molecule has 0 aliphatic rings. The van der Waals surface area contributed by atoms with Crippen molar-refractivity contribution in [2.24, 2.45) is 0 Å². The summed E-state index contributed by atoms with van der Waals surface area (Å²) in [6.07, 6.45) is 0.992. The van der Waals surface area contributed by atoms with Crippen molar-refractivity contribution in [2.45, 2.75) is 16.7 Å². The molecule has 0 fully saturated rings. The predicted octanol–water partition coefficient (Wildman–Crippen LogP) is 0.430. The molecule has 1 aromatic carbocycles. The summed E-state index contributed by atoms with van der Waals surface area (Å²) in [7, 11) is -7.42. The Morgan fingerprint density at radius 3 is 2.29 bits per heavy atom. The van der Waals surface area contributed by atoms with Gasteiger partial charge < -0.3 is 5.53 Å². The van der Waals surface area contributed by atoms with E-state index in [0.29, 0.717) is 11.1 Å². The lowest BCUT2D eigenvalue weighted by Crippen LogP contribution is -2.06. The van der Waals surface area contributed by atoms with E-state index < -0.39 is 19.7 Å². The van der Waals surface area contributed by atoms with Gasteiger partial charge in [-0.2, -0.15) is 4.79 Å². The Balaban J connectivity index is 3.59.